The molecule has 106 valence electrons. The van der Waals surface area contributed by atoms with Gasteiger partial charge in [0, 0.05) is 16.6 Å². The number of benzene rings is 2. The molecule has 1 N–H and O–H groups in total. The smallest absolute Gasteiger partial charge is 0.128 e. The van der Waals surface area contributed by atoms with Gasteiger partial charge < -0.3 is 5.32 Å². The van der Waals surface area contributed by atoms with Gasteiger partial charge >= 0.3 is 0 Å². The van der Waals surface area contributed by atoms with Crippen LogP contribution in [0, 0.1) is 11.6 Å². The topological polar surface area (TPSA) is 12.0 Å². The van der Waals surface area contributed by atoms with Crippen molar-refractivity contribution >= 4 is 11.6 Å². The molecule has 2 rings (SSSR count). The zero-order chi connectivity index (χ0) is 14.5. The first-order valence-corrected chi connectivity index (χ1v) is 6.91. The van der Waals surface area contributed by atoms with Crippen LogP contribution in [0.25, 0.3) is 0 Å². The van der Waals surface area contributed by atoms with E-state index in [-0.39, 0.29) is 17.7 Å². The van der Waals surface area contributed by atoms with Gasteiger partial charge in [0.2, 0.25) is 0 Å². The number of hydrogen-bond acceptors (Lipinski definition) is 1. The van der Waals surface area contributed by atoms with E-state index in [0.29, 0.717) is 29.1 Å². The fourth-order valence-electron chi connectivity index (χ4n) is 2.20. The molecule has 2 aromatic rings. The Balaban J connectivity index is 2.32. The molecule has 0 saturated heterocycles. The predicted molar refractivity (Wildman–Crippen MR) is 77.9 cm³/mol. The fourth-order valence-corrected chi connectivity index (χ4v) is 2.38. The van der Waals surface area contributed by atoms with E-state index < -0.39 is 0 Å². The van der Waals surface area contributed by atoms with Crippen molar-refractivity contribution in [2.45, 2.75) is 19.4 Å². The third-order valence-electron chi connectivity index (χ3n) is 3.17. The predicted octanol–water partition coefficient (Wildman–Crippen LogP) is 4.51. The Hall–Kier alpha value is -1.45. The van der Waals surface area contributed by atoms with Crippen LogP contribution in [-0.2, 0) is 6.42 Å². The highest BCUT2D eigenvalue weighted by Crippen LogP contribution is 2.25. The maximum atomic E-state index is 14.0. The Morgan fingerprint density at radius 2 is 1.85 bits per heavy atom. The van der Waals surface area contributed by atoms with Gasteiger partial charge in [0.1, 0.15) is 11.6 Å². The second kappa shape index (κ2) is 6.82. The third-order valence-corrected chi connectivity index (χ3v) is 3.40. The first-order chi connectivity index (χ1) is 9.61. The maximum absolute atomic E-state index is 14.0. The van der Waals surface area contributed by atoms with Crippen molar-refractivity contribution in [3.05, 3.63) is 70.2 Å². The van der Waals surface area contributed by atoms with E-state index in [1.165, 1.54) is 18.2 Å². The SMILES string of the molecule is CCNC(Cc1ccccc1F)c1cc(Cl)ccc1F. The summed E-state index contributed by atoms with van der Waals surface area (Å²) in [5.41, 5.74) is 1.01. The third kappa shape index (κ3) is 3.56. The molecule has 0 aliphatic heterocycles. The largest absolute Gasteiger partial charge is 0.310 e. The average Bonchev–Trinajstić information content (AvgIpc) is 2.43. The van der Waals surface area contributed by atoms with Gasteiger partial charge in [-0.1, -0.05) is 36.7 Å². The van der Waals surface area contributed by atoms with Crippen LogP contribution in [0.3, 0.4) is 0 Å². The van der Waals surface area contributed by atoms with E-state index in [1.807, 2.05) is 6.92 Å². The van der Waals surface area contributed by atoms with Crippen molar-refractivity contribution in [3.8, 4) is 0 Å². The number of nitrogens with one attached hydrogen (secondary N) is 1. The van der Waals surface area contributed by atoms with Gasteiger partial charge in [-0.05, 0) is 42.8 Å². The quantitative estimate of drug-likeness (QED) is 0.855. The lowest BCUT2D eigenvalue weighted by Gasteiger charge is -2.19. The molecular formula is C16H16ClF2N. The van der Waals surface area contributed by atoms with Crippen LogP contribution in [0.15, 0.2) is 42.5 Å². The maximum Gasteiger partial charge on any atom is 0.128 e. The molecule has 0 aliphatic carbocycles. The summed E-state index contributed by atoms with van der Waals surface area (Å²) in [5.74, 6) is -0.616. The van der Waals surface area contributed by atoms with E-state index >= 15 is 0 Å². The molecule has 1 atom stereocenters. The Kier molecular flexibility index (Phi) is 5.10. The van der Waals surface area contributed by atoms with Crippen molar-refractivity contribution < 1.29 is 8.78 Å². The van der Waals surface area contributed by atoms with E-state index in [9.17, 15) is 8.78 Å². The highest BCUT2D eigenvalue weighted by atomic mass is 35.5. The number of hydrogen-bond donors (Lipinski definition) is 1. The number of halogens is 3. The minimum absolute atomic E-state index is 0.280. The number of rotatable bonds is 5. The fraction of sp³-hybridized carbons (Fsp3) is 0.250. The summed E-state index contributed by atoms with van der Waals surface area (Å²) in [7, 11) is 0. The van der Waals surface area contributed by atoms with Crippen molar-refractivity contribution in [2.24, 2.45) is 0 Å². The van der Waals surface area contributed by atoms with Gasteiger partial charge in [-0.2, -0.15) is 0 Å². The van der Waals surface area contributed by atoms with Crippen LogP contribution in [0.1, 0.15) is 24.1 Å². The van der Waals surface area contributed by atoms with Crippen LogP contribution in [0.4, 0.5) is 8.78 Å². The highest BCUT2D eigenvalue weighted by molar-refractivity contribution is 6.30. The lowest BCUT2D eigenvalue weighted by Crippen LogP contribution is -2.24. The zero-order valence-corrected chi connectivity index (χ0v) is 11.9. The highest BCUT2D eigenvalue weighted by Gasteiger charge is 2.17. The summed E-state index contributed by atoms with van der Waals surface area (Å²) >= 11 is 5.93. The van der Waals surface area contributed by atoms with E-state index in [1.54, 1.807) is 24.3 Å². The molecule has 0 radical (unpaired) electrons. The van der Waals surface area contributed by atoms with Crippen molar-refractivity contribution in [2.75, 3.05) is 6.54 Å². The van der Waals surface area contributed by atoms with Gasteiger partial charge in [-0.25, -0.2) is 8.78 Å². The lowest BCUT2D eigenvalue weighted by atomic mass is 9.98. The van der Waals surface area contributed by atoms with Crippen LogP contribution in [0.2, 0.25) is 5.02 Å². The summed E-state index contributed by atoms with van der Waals surface area (Å²) in [4.78, 5) is 0. The van der Waals surface area contributed by atoms with Crippen LogP contribution < -0.4 is 5.32 Å². The van der Waals surface area contributed by atoms with E-state index in [0.717, 1.165) is 0 Å². The van der Waals surface area contributed by atoms with Crippen molar-refractivity contribution in [1.82, 2.24) is 5.32 Å². The van der Waals surface area contributed by atoms with Crippen LogP contribution >= 0.6 is 11.6 Å². The Bertz CT molecular complexity index is 586. The van der Waals surface area contributed by atoms with Gasteiger partial charge in [0.15, 0.2) is 0 Å². The molecular weight excluding hydrogens is 280 g/mol. The normalized spacial score (nSPS) is 12.4. The standard InChI is InChI=1S/C16H16ClF2N/c1-2-20-16(9-11-5-3-4-6-14(11)18)13-10-12(17)7-8-15(13)19/h3-8,10,16,20H,2,9H2,1H3. The second-order valence-electron chi connectivity index (χ2n) is 4.57. The minimum Gasteiger partial charge on any atom is -0.310 e. The van der Waals surface area contributed by atoms with Gasteiger partial charge in [-0.3, -0.25) is 0 Å². The zero-order valence-electron chi connectivity index (χ0n) is 11.2. The summed E-state index contributed by atoms with van der Waals surface area (Å²) < 4.78 is 27.7. The summed E-state index contributed by atoms with van der Waals surface area (Å²) in [5, 5.41) is 3.65. The molecule has 0 heterocycles. The van der Waals surface area contributed by atoms with E-state index in [4.69, 9.17) is 11.6 Å². The summed E-state index contributed by atoms with van der Waals surface area (Å²) in [6, 6.07) is 10.7. The molecule has 2 aromatic carbocycles. The molecule has 0 amide bonds. The molecule has 4 heteroatoms. The lowest BCUT2D eigenvalue weighted by molar-refractivity contribution is 0.498. The Morgan fingerprint density at radius 1 is 1.10 bits per heavy atom. The first-order valence-electron chi connectivity index (χ1n) is 6.53. The van der Waals surface area contributed by atoms with Crippen molar-refractivity contribution in [1.29, 1.82) is 0 Å². The molecule has 0 saturated carbocycles. The molecule has 0 spiro atoms. The second-order valence-corrected chi connectivity index (χ2v) is 5.01. The molecule has 20 heavy (non-hydrogen) atoms. The summed E-state index contributed by atoms with van der Waals surface area (Å²) in [6.45, 7) is 2.59. The molecule has 0 aliphatic rings. The van der Waals surface area contributed by atoms with Crippen molar-refractivity contribution in [3.63, 3.8) is 0 Å². The Labute approximate surface area is 122 Å². The average molecular weight is 296 g/mol. The monoisotopic (exact) mass is 295 g/mol. The van der Waals surface area contributed by atoms with Gasteiger partial charge in [0.25, 0.3) is 0 Å². The van der Waals surface area contributed by atoms with Crippen LogP contribution in [0.5, 0.6) is 0 Å². The first kappa shape index (κ1) is 14.9. The molecule has 1 unspecified atom stereocenters. The van der Waals surface area contributed by atoms with E-state index in [2.05, 4.69) is 5.32 Å². The molecule has 1 nitrogen and oxygen atoms in total. The summed E-state index contributed by atoms with van der Waals surface area (Å²) in [6.07, 6.45) is 0.373. The molecule has 0 aromatic heterocycles. The van der Waals surface area contributed by atoms with Gasteiger partial charge in [0.05, 0.1) is 0 Å². The van der Waals surface area contributed by atoms with Gasteiger partial charge in [-0.15, -0.1) is 0 Å². The molecule has 0 fully saturated rings. The Morgan fingerprint density at radius 3 is 2.55 bits per heavy atom. The minimum atomic E-state index is -0.336. The molecule has 0 bridgehead atoms. The van der Waals surface area contributed by atoms with Crippen LogP contribution in [-0.4, -0.2) is 6.54 Å². The number of likely N-dealkylation sites (N-methyl/N-ethyl adjacent to an activating group) is 1.